The average molecular weight is 283 g/mol. The maximum absolute atomic E-state index is 6.24. The number of para-hydroxylation sites is 1. The van der Waals surface area contributed by atoms with E-state index in [0.717, 1.165) is 29.4 Å². The molecule has 2 atom stereocenters. The number of thiocarbonyl (C=S) groups is 1. The van der Waals surface area contributed by atoms with Crippen LogP contribution in [0.3, 0.4) is 0 Å². The van der Waals surface area contributed by atoms with Crippen molar-refractivity contribution in [2.75, 3.05) is 6.54 Å². The molecule has 0 amide bonds. The van der Waals surface area contributed by atoms with Gasteiger partial charge in [-0.3, -0.25) is 0 Å². The van der Waals surface area contributed by atoms with Crippen molar-refractivity contribution in [1.29, 1.82) is 0 Å². The van der Waals surface area contributed by atoms with Crippen molar-refractivity contribution < 1.29 is 4.74 Å². The molecule has 1 aromatic carbocycles. The zero-order chi connectivity index (χ0) is 12.9. The summed E-state index contributed by atoms with van der Waals surface area (Å²) in [5.41, 5.74) is 0.692. The van der Waals surface area contributed by atoms with Gasteiger partial charge in [-0.05, 0) is 32.1 Å². The Balaban J connectivity index is 2.12. The maximum atomic E-state index is 6.24. The lowest BCUT2D eigenvalue weighted by Gasteiger charge is -2.52. The third kappa shape index (κ3) is 1.59. The molecular formula is C13H15ClN2OS. The highest BCUT2D eigenvalue weighted by atomic mass is 35.5. The van der Waals surface area contributed by atoms with Crippen LogP contribution in [-0.2, 0) is 0 Å². The average Bonchev–Trinajstić information content (AvgIpc) is 2.30. The van der Waals surface area contributed by atoms with Gasteiger partial charge >= 0.3 is 0 Å². The van der Waals surface area contributed by atoms with E-state index in [-0.39, 0.29) is 6.04 Å². The topological polar surface area (TPSA) is 24.5 Å². The van der Waals surface area contributed by atoms with Crippen LogP contribution in [0.25, 0.3) is 0 Å². The Hall–Kier alpha value is -1.00. The largest absolute Gasteiger partial charge is 0.466 e. The van der Waals surface area contributed by atoms with Gasteiger partial charge in [-0.1, -0.05) is 23.7 Å². The number of benzene rings is 1. The number of ether oxygens (including phenoxy) is 1. The Bertz CT molecular complexity index is 522. The van der Waals surface area contributed by atoms with E-state index in [1.165, 1.54) is 0 Å². The van der Waals surface area contributed by atoms with Crippen molar-refractivity contribution in [1.82, 2.24) is 10.2 Å². The molecule has 0 saturated carbocycles. The highest BCUT2D eigenvalue weighted by Gasteiger charge is 2.47. The second-order valence-electron chi connectivity index (χ2n) is 4.89. The van der Waals surface area contributed by atoms with E-state index in [2.05, 4.69) is 24.1 Å². The molecule has 0 aromatic heterocycles. The Kier molecular flexibility index (Phi) is 2.68. The van der Waals surface area contributed by atoms with Gasteiger partial charge in [-0.15, -0.1) is 0 Å². The van der Waals surface area contributed by atoms with Gasteiger partial charge in [-0.2, -0.15) is 0 Å². The third-order valence-electron chi connectivity index (χ3n) is 3.71. The molecule has 18 heavy (non-hydrogen) atoms. The molecule has 1 fully saturated rings. The van der Waals surface area contributed by atoms with Crippen LogP contribution in [0, 0.1) is 0 Å². The molecule has 2 bridgehead atoms. The lowest BCUT2D eigenvalue weighted by atomic mass is 9.90. The summed E-state index contributed by atoms with van der Waals surface area (Å²) in [6.45, 7) is 4.96. The van der Waals surface area contributed by atoms with Gasteiger partial charge in [0.1, 0.15) is 5.75 Å². The predicted molar refractivity (Wildman–Crippen MR) is 76.0 cm³/mol. The van der Waals surface area contributed by atoms with Crippen molar-refractivity contribution in [3.8, 4) is 5.75 Å². The van der Waals surface area contributed by atoms with E-state index in [9.17, 15) is 0 Å². The minimum absolute atomic E-state index is 0.188. The van der Waals surface area contributed by atoms with Crippen LogP contribution in [0.4, 0.5) is 0 Å². The van der Waals surface area contributed by atoms with Crippen molar-refractivity contribution in [2.45, 2.75) is 32.0 Å². The Morgan fingerprint density at radius 1 is 1.61 bits per heavy atom. The fourth-order valence-electron chi connectivity index (χ4n) is 2.87. The molecule has 1 aromatic rings. The second-order valence-corrected chi connectivity index (χ2v) is 5.68. The summed E-state index contributed by atoms with van der Waals surface area (Å²) >= 11 is 11.7. The van der Waals surface area contributed by atoms with E-state index in [0.29, 0.717) is 5.02 Å². The van der Waals surface area contributed by atoms with Crippen LogP contribution in [0.1, 0.15) is 31.9 Å². The van der Waals surface area contributed by atoms with E-state index >= 15 is 0 Å². The minimum atomic E-state index is -0.403. The number of nitrogens with one attached hydrogen (secondary N) is 1. The molecule has 2 aliphatic heterocycles. The van der Waals surface area contributed by atoms with Crippen LogP contribution in [0.5, 0.6) is 5.75 Å². The molecule has 3 rings (SSSR count). The number of fused-ring (bicyclic) bond motifs is 4. The number of halogens is 1. The molecule has 0 unspecified atom stereocenters. The second kappa shape index (κ2) is 4.00. The summed E-state index contributed by atoms with van der Waals surface area (Å²) in [7, 11) is 0. The van der Waals surface area contributed by atoms with Gasteiger partial charge in [0.05, 0.1) is 11.1 Å². The van der Waals surface area contributed by atoms with E-state index in [1.807, 2.05) is 18.2 Å². The number of rotatable bonds is 1. The van der Waals surface area contributed by atoms with Crippen molar-refractivity contribution in [3.63, 3.8) is 0 Å². The van der Waals surface area contributed by atoms with Gasteiger partial charge < -0.3 is 15.0 Å². The molecule has 96 valence electrons. The van der Waals surface area contributed by atoms with Gasteiger partial charge in [0, 0.05) is 18.5 Å². The minimum Gasteiger partial charge on any atom is -0.466 e. The molecule has 3 nitrogen and oxygen atoms in total. The number of hydrogen-bond acceptors (Lipinski definition) is 2. The Morgan fingerprint density at radius 3 is 3.11 bits per heavy atom. The summed E-state index contributed by atoms with van der Waals surface area (Å²) < 4.78 is 6.16. The summed E-state index contributed by atoms with van der Waals surface area (Å²) in [6.07, 6.45) is 0.869. The quantitative estimate of drug-likeness (QED) is 0.800. The maximum Gasteiger partial charge on any atom is 0.184 e. The molecule has 1 N–H and O–H groups in total. The van der Waals surface area contributed by atoms with Crippen LogP contribution in [0.2, 0.25) is 5.02 Å². The van der Waals surface area contributed by atoms with E-state index < -0.39 is 5.72 Å². The van der Waals surface area contributed by atoms with Gasteiger partial charge in [0.25, 0.3) is 0 Å². The number of hydrogen-bond donors (Lipinski definition) is 1. The first-order valence-corrected chi connectivity index (χ1v) is 6.89. The molecule has 0 aliphatic carbocycles. The van der Waals surface area contributed by atoms with Crippen LogP contribution >= 0.6 is 23.8 Å². The molecule has 2 aliphatic rings. The molecule has 1 saturated heterocycles. The molecule has 2 heterocycles. The first kappa shape index (κ1) is 12.1. The van der Waals surface area contributed by atoms with Gasteiger partial charge in [0.15, 0.2) is 10.8 Å². The highest BCUT2D eigenvalue weighted by Crippen LogP contribution is 2.46. The van der Waals surface area contributed by atoms with Crippen LogP contribution < -0.4 is 10.1 Å². The highest BCUT2D eigenvalue weighted by molar-refractivity contribution is 7.80. The SMILES string of the molecule is CCN1C(=S)N[C@H]2C[C@]1(C)Oc1c(Cl)cccc12. The fraction of sp³-hybridized carbons (Fsp3) is 0.462. The molecular weight excluding hydrogens is 268 g/mol. The lowest BCUT2D eigenvalue weighted by molar-refractivity contribution is -0.0657. The monoisotopic (exact) mass is 282 g/mol. The number of nitrogens with zero attached hydrogens (tertiary/aromatic N) is 1. The zero-order valence-electron chi connectivity index (χ0n) is 10.4. The van der Waals surface area contributed by atoms with Crippen molar-refractivity contribution in [2.24, 2.45) is 0 Å². The Labute approximate surface area is 117 Å². The molecule has 0 spiro atoms. The van der Waals surface area contributed by atoms with Crippen molar-refractivity contribution in [3.05, 3.63) is 28.8 Å². The first-order valence-electron chi connectivity index (χ1n) is 6.11. The molecule has 0 radical (unpaired) electrons. The van der Waals surface area contributed by atoms with Crippen LogP contribution in [0.15, 0.2) is 18.2 Å². The van der Waals surface area contributed by atoms with E-state index in [4.69, 9.17) is 28.6 Å². The van der Waals surface area contributed by atoms with Crippen LogP contribution in [-0.4, -0.2) is 22.3 Å². The molecule has 5 heteroatoms. The fourth-order valence-corrected chi connectivity index (χ4v) is 3.56. The summed E-state index contributed by atoms with van der Waals surface area (Å²) in [5, 5.41) is 4.79. The standard InChI is InChI=1S/C13H15ClN2OS/c1-3-16-12(18)15-10-7-13(16,2)17-11-8(10)5-4-6-9(11)14/h4-6,10H,3,7H2,1-2H3,(H,15,18)/t10-,13-/m0/s1. The van der Waals surface area contributed by atoms with Gasteiger partial charge in [-0.25, -0.2) is 0 Å². The summed E-state index contributed by atoms with van der Waals surface area (Å²) in [5.74, 6) is 0.784. The smallest absolute Gasteiger partial charge is 0.184 e. The lowest BCUT2D eigenvalue weighted by Crippen LogP contribution is -2.64. The Morgan fingerprint density at radius 2 is 2.39 bits per heavy atom. The van der Waals surface area contributed by atoms with Crippen molar-refractivity contribution >= 4 is 28.9 Å². The van der Waals surface area contributed by atoms with E-state index in [1.54, 1.807) is 0 Å². The first-order chi connectivity index (χ1) is 8.55. The third-order valence-corrected chi connectivity index (χ3v) is 4.34. The zero-order valence-corrected chi connectivity index (χ0v) is 11.9. The normalized spacial score (nSPS) is 29.4. The van der Waals surface area contributed by atoms with Gasteiger partial charge in [0.2, 0.25) is 0 Å². The summed E-state index contributed by atoms with van der Waals surface area (Å²) in [6, 6.07) is 6.04. The summed E-state index contributed by atoms with van der Waals surface area (Å²) in [4.78, 5) is 2.07. The predicted octanol–water partition coefficient (Wildman–Crippen LogP) is 3.09.